The number of aromatic nitrogens is 4. The van der Waals surface area contributed by atoms with Crippen molar-refractivity contribution in [3.05, 3.63) is 194 Å². The standard InChI is InChI=1S/C51H32N4S/c1-5-16-33(17-6-1)37-28-29-40-39-24-13-14-26-43(39)55(45(40)32-37)44-27-15-25-41-46-42(31-30-38(48(46)56-47(41)44)34-18-7-2-8-19-34)51-53-49(35-20-9-3-10-21-35)52-50(54-51)36-22-11-4-12-23-36/h1-32H. The Bertz CT molecular complexity index is 3170. The van der Waals surface area contributed by atoms with Gasteiger partial charge in [-0.25, -0.2) is 15.0 Å². The van der Waals surface area contributed by atoms with Gasteiger partial charge in [0.25, 0.3) is 0 Å². The summed E-state index contributed by atoms with van der Waals surface area (Å²) in [5.41, 5.74) is 11.1. The average molecular weight is 733 g/mol. The molecule has 0 spiro atoms. The second-order valence-corrected chi connectivity index (χ2v) is 15.0. The van der Waals surface area contributed by atoms with Crippen LogP contribution in [0.1, 0.15) is 0 Å². The lowest BCUT2D eigenvalue weighted by Crippen LogP contribution is -2.00. The van der Waals surface area contributed by atoms with E-state index in [0.717, 1.165) is 27.8 Å². The fourth-order valence-corrected chi connectivity index (χ4v) is 9.43. The SMILES string of the molecule is c1ccc(-c2ccc3c4ccccc4n(-c4cccc5c4sc4c(-c6ccccc6)ccc(-c6nc(-c7ccccc7)nc(-c7ccccc7)n6)c45)c3c2)cc1. The number of rotatable bonds is 6. The quantitative estimate of drug-likeness (QED) is 0.171. The van der Waals surface area contributed by atoms with Crippen LogP contribution < -0.4 is 0 Å². The smallest absolute Gasteiger partial charge is 0.164 e. The largest absolute Gasteiger partial charge is 0.308 e. The predicted molar refractivity (Wildman–Crippen MR) is 234 cm³/mol. The van der Waals surface area contributed by atoms with Crippen molar-refractivity contribution in [3.8, 4) is 62.1 Å². The highest BCUT2D eigenvalue weighted by Gasteiger charge is 2.22. The third kappa shape index (κ3) is 5.32. The Labute approximate surface area is 327 Å². The maximum Gasteiger partial charge on any atom is 0.164 e. The highest BCUT2D eigenvalue weighted by atomic mass is 32.1. The zero-order chi connectivity index (χ0) is 37.0. The maximum absolute atomic E-state index is 5.21. The molecule has 0 atom stereocenters. The summed E-state index contributed by atoms with van der Waals surface area (Å²) in [5, 5.41) is 4.78. The molecule has 0 saturated heterocycles. The van der Waals surface area contributed by atoms with E-state index in [-0.39, 0.29) is 0 Å². The first-order chi connectivity index (χ1) is 27.8. The van der Waals surface area contributed by atoms with E-state index in [2.05, 4.69) is 162 Å². The van der Waals surface area contributed by atoms with Gasteiger partial charge in [-0.3, -0.25) is 0 Å². The van der Waals surface area contributed by atoms with E-state index >= 15 is 0 Å². The Hall–Kier alpha value is -7.21. The molecule has 0 fully saturated rings. The summed E-state index contributed by atoms with van der Waals surface area (Å²) < 4.78 is 4.87. The molecule has 3 heterocycles. The second kappa shape index (κ2) is 13.3. The van der Waals surface area contributed by atoms with Crippen LogP contribution in [-0.4, -0.2) is 19.5 Å². The molecule has 262 valence electrons. The number of fused-ring (bicyclic) bond motifs is 6. The number of hydrogen-bond donors (Lipinski definition) is 0. The van der Waals surface area contributed by atoms with Gasteiger partial charge in [0, 0.05) is 42.9 Å². The zero-order valence-corrected chi connectivity index (χ0v) is 31.0. The number of para-hydroxylation sites is 1. The normalized spacial score (nSPS) is 11.6. The van der Waals surface area contributed by atoms with Crippen molar-refractivity contribution >= 4 is 53.3 Å². The van der Waals surface area contributed by atoms with Gasteiger partial charge in [0.2, 0.25) is 0 Å². The van der Waals surface area contributed by atoms with Crippen LogP contribution in [0.2, 0.25) is 0 Å². The maximum atomic E-state index is 5.21. The molecule has 0 amide bonds. The van der Waals surface area contributed by atoms with E-state index in [0.29, 0.717) is 17.5 Å². The molecule has 11 rings (SSSR count). The van der Waals surface area contributed by atoms with Crippen molar-refractivity contribution in [2.45, 2.75) is 0 Å². The Morgan fingerprint density at radius 2 is 0.875 bits per heavy atom. The summed E-state index contributed by atoms with van der Waals surface area (Å²) in [6.45, 7) is 0. The van der Waals surface area contributed by atoms with E-state index in [4.69, 9.17) is 15.0 Å². The number of benzene rings is 8. The van der Waals surface area contributed by atoms with E-state index in [9.17, 15) is 0 Å². The van der Waals surface area contributed by atoms with Crippen molar-refractivity contribution in [2.75, 3.05) is 0 Å². The molecular formula is C51H32N4S. The number of thiophene rings is 1. The average Bonchev–Trinajstić information content (AvgIpc) is 3.83. The monoisotopic (exact) mass is 732 g/mol. The van der Waals surface area contributed by atoms with Crippen LogP contribution in [0.4, 0.5) is 0 Å². The number of hydrogen-bond acceptors (Lipinski definition) is 4. The van der Waals surface area contributed by atoms with E-state index in [1.54, 1.807) is 0 Å². The van der Waals surface area contributed by atoms with Crippen molar-refractivity contribution in [3.63, 3.8) is 0 Å². The van der Waals surface area contributed by atoms with Gasteiger partial charge >= 0.3 is 0 Å². The Morgan fingerprint density at radius 1 is 0.339 bits per heavy atom. The summed E-state index contributed by atoms with van der Waals surface area (Å²) in [5.74, 6) is 1.95. The van der Waals surface area contributed by atoms with Crippen LogP contribution in [0.15, 0.2) is 194 Å². The molecule has 0 radical (unpaired) electrons. The van der Waals surface area contributed by atoms with Gasteiger partial charge in [-0.2, -0.15) is 0 Å². The molecule has 4 nitrogen and oxygen atoms in total. The van der Waals surface area contributed by atoms with Crippen molar-refractivity contribution in [1.29, 1.82) is 0 Å². The molecule has 0 saturated carbocycles. The molecule has 3 aromatic heterocycles. The summed E-state index contributed by atoms with van der Waals surface area (Å²) in [4.78, 5) is 15.4. The van der Waals surface area contributed by atoms with Crippen LogP contribution in [-0.2, 0) is 0 Å². The van der Waals surface area contributed by atoms with Gasteiger partial charge < -0.3 is 4.57 Å². The van der Waals surface area contributed by atoms with Gasteiger partial charge in [0.05, 0.1) is 21.4 Å². The van der Waals surface area contributed by atoms with Gasteiger partial charge in [-0.05, 0) is 46.5 Å². The van der Waals surface area contributed by atoms with Crippen molar-refractivity contribution in [2.24, 2.45) is 0 Å². The van der Waals surface area contributed by atoms with Gasteiger partial charge in [0.1, 0.15) is 0 Å². The lowest BCUT2D eigenvalue weighted by atomic mass is 9.98. The van der Waals surface area contributed by atoms with E-state index in [1.165, 1.54) is 58.8 Å². The molecule has 0 aliphatic rings. The van der Waals surface area contributed by atoms with Gasteiger partial charge in [-0.1, -0.05) is 170 Å². The molecule has 0 N–H and O–H groups in total. The molecule has 0 unspecified atom stereocenters. The first-order valence-electron chi connectivity index (χ1n) is 18.8. The molecule has 0 aliphatic heterocycles. The first-order valence-corrected chi connectivity index (χ1v) is 19.6. The molecule has 11 aromatic rings. The van der Waals surface area contributed by atoms with Gasteiger partial charge in [-0.15, -0.1) is 11.3 Å². The molecule has 5 heteroatoms. The fourth-order valence-electron chi connectivity index (χ4n) is 8.06. The molecule has 0 aliphatic carbocycles. The Morgan fingerprint density at radius 3 is 1.55 bits per heavy atom. The first kappa shape index (κ1) is 32.2. The highest BCUT2D eigenvalue weighted by molar-refractivity contribution is 7.27. The number of nitrogens with zero attached hydrogens (tertiary/aromatic N) is 4. The van der Waals surface area contributed by atoms with Crippen LogP contribution in [0.5, 0.6) is 0 Å². The minimum Gasteiger partial charge on any atom is -0.308 e. The summed E-state index contributed by atoms with van der Waals surface area (Å²) in [7, 11) is 0. The van der Waals surface area contributed by atoms with Crippen molar-refractivity contribution < 1.29 is 0 Å². The molecule has 56 heavy (non-hydrogen) atoms. The second-order valence-electron chi connectivity index (χ2n) is 14.0. The fraction of sp³-hybridized carbons (Fsp3) is 0. The predicted octanol–water partition coefficient (Wildman–Crippen LogP) is 13.7. The highest BCUT2D eigenvalue weighted by Crippen LogP contribution is 2.47. The zero-order valence-electron chi connectivity index (χ0n) is 30.2. The molecule has 8 aromatic carbocycles. The van der Waals surface area contributed by atoms with E-state index < -0.39 is 0 Å². The van der Waals surface area contributed by atoms with Crippen molar-refractivity contribution in [1.82, 2.24) is 19.5 Å². The van der Waals surface area contributed by atoms with Crippen LogP contribution in [0.25, 0.3) is 104 Å². The molecule has 0 bridgehead atoms. The Kier molecular flexibility index (Phi) is 7.64. The minimum absolute atomic E-state index is 0.648. The summed E-state index contributed by atoms with van der Waals surface area (Å²) >= 11 is 1.84. The minimum atomic E-state index is 0.648. The topological polar surface area (TPSA) is 43.6 Å². The van der Waals surface area contributed by atoms with Gasteiger partial charge in [0.15, 0.2) is 17.5 Å². The summed E-state index contributed by atoms with van der Waals surface area (Å²) in [6.07, 6.45) is 0. The Balaban J connectivity index is 1.22. The third-order valence-corrected chi connectivity index (χ3v) is 11.9. The van der Waals surface area contributed by atoms with E-state index in [1.807, 2.05) is 47.7 Å². The third-order valence-electron chi connectivity index (χ3n) is 10.7. The lowest BCUT2D eigenvalue weighted by Gasteiger charge is -2.12. The van der Waals surface area contributed by atoms with Crippen LogP contribution in [0.3, 0.4) is 0 Å². The van der Waals surface area contributed by atoms with Crippen LogP contribution in [0, 0.1) is 0 Å². The lowest BCUT2D eigenvalue weighted by molar-refractivity contribution is 1.08. The van der Waals surface area contributed by atoms with Crippen LogP contribution >= 0.6 is 11.3 Å². The molecular weight excluding hydrogens is 701 g/mol. The summed E-state index contributed by atoms with van der Waals surface area (Å²) in [6, 6.07) is 68.5.